The number of aryl methyl sites for hydroxylation is 1. The first-order chi connectivity index (χ1) is 9.26. The first-order valence-electron chi connectivity index (χ1n) is 6.64. The molecule has 0 saturated heterocycles. The van der Waals surface area contributed by atoms with Gasteiger partial charge in [-0.2, -0.15) is 0 Å². The molecule has 0 aliphatic heterocycles. The fraction of sp³-hybridized carbons (Fsp3) is 0.533. The lowest BCUT2D eigenvalue weighted by Gasteiger charge is -2.16. The smallest absolute Gasteiger partial charge is 0.220 e. The highest BCUT2D eigenvalue weighted by molar-refractivity contribution is 6.17. The molecule has 0 spiro atoms. The van der Waals surface area contributed by atoms with Crippen molar-refractivity contribution < 1.29 is 9.53 Å². The van der Waals surface area contributed by atoms with Gasteiger partial charge in [0.2, 0.25) is 5.91 Å². The molecule has 0 fully saturated rings. The molecule has 0 radical (unpaired) electrons. The van der Waals surface area contributed by atoms with E-state index < -0.39 is 0 Å². The molecule has 0 aliphatic carbocycles. The Morgan fingerprint density at radius 1 is 1.37 bits per heavy atom. The number of hydrogen-bond acceptors (Lipinski definition) is 2. The number of methoxy groups -OCH3 is 1. The maximum Gasteiger partial charge on any atom is 0.220 e. The summed E-state index contributed by atoms with van der Waals surface area (Å²) in [6.07, 6.45) is 3.06. The second-order valence-electron chi connectivity index (χ2n) is 4.54. The Bertz CT molecular complexity index is 350. The average molecular weight is 284 g/mol. The van der Waals surface area contributed by atoms with Gasteiger partial charge in [0.05, 0.1) is 12.6 Å². The third-order valence-electron chi connectivity index (χ3n) is 2.90. The number of nitrogens with one attached hydrogen (secondary N) is 1. The summed E-state index contributed by atoms with van der Waals surface area (Å²) in [7, 11) is 1.63. The van der Waals surface area contributed by atoms with Gasteiger partial charge in [0.25, 0.3) is 0 Å². The number of amides is 1. The summed E-state index contributed by atoms with van der Waals surface area (Å²) in [5.74, 6) is 0.598. The van der Waals surface area contributed by atoms with Crippen LogP contribution >= 0.6 is 11.6 Å². The van der Waals surface area contributed by atoms with Gasteiger partial charge in [-0.05, 0) is 24.8 Å². The highest BCUT2D eigenvalue weighted by Gasteiger charge is 2.11. The molecule has 1 atom stereocenters. The lowest BCUT2D eigenvalue weighted by Crippen LogP contribution is -2.38. The van der Waals surface area contributed by atoms with Crippen LogP contribution in [0.2, 0.25) is 0 Å². The van der Waals surface area contributed by atoms with Crippen LogP contribution in [0.4, 0.5) is 0 Å². The van der Waals surface area contributed by atoms with Gasteiger partial charge < -0.3 is 10.1 Å². The molecule has 19 heavy (non-hydrogen) atoms. The van der Waals surface area contributed by atoms with Crippen LogP contribution in [0.15, 0.2) is 30.3 Å². The normalized spacial score (nSPS) is 12.1. The second kappa shape index (κ2) is 9.82. The quantitative estimate of drug-likeness (QED) is 0.708. The van der Waals surface area contributed by atoms with Crippen LogP contribution in [-0.4, -0.2) is 31.5 Å². The van der Waals surface area contributed by atoms with Gasteiger partial charge in [-0.25, -0.2) is 0 Å². The van der Waals surface area contributed by atoms with Gasteiger partial charge in [0.15, 0.2) is 0 Å². The third kappa shape index (κ3) is 7.19. The van der Waals surface area contributed by atoms with Crippen LogP contribution < -0.4 is 5.32 Å². The zero-order chi connectivity index (χ0) is 13.9. The van der Waals surface area contributed by atoms with E-state index in [1.807, 2.05) is 18.2 Å². The minimum Gasteiger partial charge on any atom is -0.383 e. The van der Waals surface area contributed by atoms with Crippen LogP contribution in [-0.2, 0) is 16.0 Å². The number of hydrogen-bond donors (Lipinski definition) is 1. The molecule has 3 nitrogen and oxygen atoms in total. The van der Waals surface area contributed by atoms with Crippen molar-refractivity contribution in [2.75, 3.05) is 19.6 Å². The van der Waals surface area contributed by atoms with E-state index in [1.165, 1.54) is 5.56 Å². The predicted octanol–water partition coefficient (Wildman–Crippen LogP) is 2.77. The molecule has 0 saturated carbocycles. The van der Waals surface area contributed by atoms with Gasteiger partial charge in [0, 0.05) is 19.4 Å². The molecule has 0 aliphatic rings. The summed E-state index contributed by atoms with van der Waals surface area (Å²) in [6, 6.07) is 10.2. The largest absolute Gasteiger partial charge is 0.383 e. The fourth-order valence-corrected chi connectivity index (χ4v) is 2.19. The summed E-state index contributed by atoms with van der Waals surface area (Å²) in [6.45, 7) is 0.511. The van der Waals surface area contributed by atoms with E-state index in [1.54, 1.807) is 7.11 Å². The van der Waals surface area contributed by atoms with E-state index in [2.05, 4.69) is 17.4 Å². The Hall–Kier alpha value is -1.06. The summed E-state index contributed by atoms with van der Waals surface area (Å²) in [5, 5.41) is 2.96. The molecular formula is C15H22ClNO2. The van der Waals surface area contributed by atoms with Crippen molar-refractivity contribution in [3.8, 4) is 0 Å². The number of benzene rings is 1. The van der Waals surface area contributed by atoms with Crippen LogP contribution in [0.1, 0.15) is 24.8 Å². The molecule has 1 unspecified atom stereocenters. The molecule has 0 aromatic heterocycles. The molecule has 106 valence electrons. The molecular weight excluding hydrogens is 262 g/mol. The Morgan fingerprint density at radius 3 is 2.74 bits per heavy atom. The zero-order valence-corrected chi connectivity index (χ0v) is 12.2. The first kappa shape index (κ1) is 16.0. The zero-order valence-electron chi connectivity index (χ0n) is 11.4. The van der Waals surface area contributed by atoms with Crippen molar-refractivity contribution in [3.63, 3.8) is 0 Å². The Labute approximate surface area is 120 Å². The van der Waals surface area contributed by atoms with Crippen molar-refractivity contribution in [1.82, 2.24) is 5.32 Å². The second-order valence-corrected chi connectivity index (χ2v) is 4.91. The average Bonchev–Trinajstić information content (AvgIpc) is 2.40. The fourth-order valence-electron chi connectivity index (χ4n) is 1.93. The SMILES string of the molecule is COCC(CCCl)NC(=O)CCCc1ccccc1. The minimum atomic E-state index is 0.0201. The molecule has 1 amide bonds. The van der Waals surface area contributed by atoms with Gasteiger partial charge in [-0.1, -0.05) is 30.3 Å². The summed E-state index contributed by atoms with van der Waals surface area (Å²) in [5.41, 5.74) is 1.27. The standard InChI is InChI=1S/C15H22ClNO2/c1-19-12-14(10-11-16)17-15(18)9-5-8-13-6-3-2-4-7-13/h2-4,6-7,14H,5,8-12H2,1H3,(H,17,18). The summed E-state index contributed by atoms with van der Waals surface area (Å²) < 4.78 is 5.06. The van der Waals surface area contributed by atoms with Gasteiger partial charge in [-0.3, -0.25) is 4.79 Å². The number of halogens is 1. The number of carbonyl (C=O) groups excluding carboxylic acids is 1. The molecule has 1 aromatic carbocycles. The monoisotopic (exact) mass is 283 g/mol. The van der Waals surface area contributed by atoms with Gasteiger partial charge >= 0.3 is 0 Å². The molecule has 1 aromatic rings. The topological polar surface area (TPSA) is 38.3 Å². The lowest BCUT2D eigenvalue weighted by atomic mass is 10.1. The van der Waals surface area contributed by atoms with Crippen LogP contribution in [0, 0.1) is 0 Å². The van der Waals surface area contributed by atoms with Gasteiger partial charge in [0.1, 0.15) is 0 Å². The number of ether oxygens (including phenoxy) is 1. The van der Waals surface area contributed by atoms with E-state index in [0.29, 0.717) is 18.9 Å². The van der Waals surface area contributed by atoms with Crippen LogP contribution in [0.25, 0.3) is 0 Å². The van der Waals surface area contributed by atoms with E-state index in [0.717, 1.165) is 19.3 Å². The number of alkyl halides is 1. The molecule has 0 heterocycles. The maximum atomic E-state index is 11.8. The van der Waals surface area contributed by atoms with Crippen molar-refractivity contribution in [2.24, 2.45) is 0 Å². The third-order valence-corrected chi connectivity index (χ3v) is 3.12. The molecule has 1 N–H and O–H groups in total. The Morgan fingerprint density at radius 2 is 2.11 bits per heavy atom. The molecule has 1 rings (SSSR count). The van der Waals surface area contributed by atoms with E-state index >= 15 is 0 Å². The number of rotatable bonds is 9. The van der Waals surface area contributed by atoms with Crippen LogP contribution in [0.3, 0.4) is 0 Å². The lowest BCUT2D eigenvalue weighted by molar-refractivity contribution is -0.122. The minimum absolute atomic E-state index is 0.0201. The highest BCUT2D eigenvalue weighted by atomic mass is 35.5. The summed E-state index contributed by atoms with van der Waals surface area (Å²) in [4.78, 5) is 11.8. The van der Waals surface area contributed by atoms with Crippen molar-refractivity contribution in [3.05, 3.63) is 35.9 Å². The van der Waals surface area contributed by atoms with E-state index in [9.17, 15) is 4.79 Å². The first-order valence-corrected chi connectivity index (χ1v) is 7.18. The predicted molar refractivity (Wildman–Crippen MR) is 78.5 cm³/mol. The van der Waals surface area contributed by atoms with Crippen molar-refractivity contribution in [2.45, 2.75) is 31.7 Å². The Balaban J connectivity index is 2.23. The van der Waals surface area contributed by atoms with Gasteiger partial charge in [-0.15, -0.1) is 11.6 Å². The molecule has 0 bridgehead atoms. The maximum absolute atomic E-state index is 11.8. The number of carbonyl (C=O) groups is 1. The van der Waals surface area contributed by atoms with Crippen molar-refractivity contribution >= 4 is 17.5 Å². The highest BCUT2D eigenvalue weighted by Crippen LogP contribution is 2.05. The van der Waals surface area contributed by atoms with E-state index in [-0.39, 0.29) is 11.9 Å². The molecule has 4 heteroatoms. The van der Waals surface area contributed by atoms with E-state index in [4.69, 9.17) is 16.3 Å². The summed E-state index contributed by atoms with van der Waals surface area (Å²) >= 11 is 5.69. The van der Waals surface area contributed by atoms with Crippen molar-refractivity contribution in [1.29, 1.82) is 0 Å². The Kier molecular flexibility index (Phi) is 8.26. The van der Waals surface area contributed by atoms with Crippen LogP contribution in [0.5, 0.6) is 0 Å².